The van der Waals surface area contributed by atoms with Crippen LogP contribution in [-0.2, 0) is 4.79 Å². The van der Waals surface area contributed by atoms with Gasteiger partial charge in [-0.1, -0.05) is 6.07 Å². The lowest BCUT2D eigenvalue weighted by molar-refractivity contribution is -0.385. The molecule has 0 aliphatic heterocycles. The van der Waals surface area contributed by atoms with Gasteiger partial charge in [-0.05, 0) is 12.1 Å². The fourth-order valence-corrected chi connectivity index (χ4v) is 1.20. The smallest absolute Gasteiger partial charge is 0.280 e. The topological polar surface area (TPSA) is 95.5 Å². The predicted octanol–water partition coefficient (Wildman–Crippen LogP) is 1.10. The molecule has 16 heavy (non-hydrogen) atoms. The fraction of sp³-hybridized carbons (Fsp3) is 0.100. The molecule has 0 bridgehead atoms. The first-order valence-corrected chi connectivity index (χ1v) is 4.35. The molecular formula is C10H10N2O4. The van der Waals surface area contributed by atoms with Gasteiger partial charge in [0.2, 0.25) is 5.91 Å². The Balaban J connectivity index is 3.30. The van der Waals surface area contributed by atoms with Gasteiger partial charge in [-0.2, -0.15) is 0 Å². The van der Waals surface area contributed by atoms with Crippen molar-refractivity contribution in [1.29, 1.82) is 0 Å². The number of carbonyl (C=O) groups is 1. The minimum Gasteiger partial charge on any atom is -0.496 e. The zero-order valence-electron chi connectivity index (χ0n) is 8.54. The number of ether oxygens (including phenoxy) is 1. The molecule has 0 unspecified atom stereocenters. The molecule has 1 rings (SSSR count). The molecule has 0 saturated heterocycles. The number of nitrogens with two attached hydrogens (primary N) is 1. The highest BCUT2D eigenvalue weighted by Gasteiger charge is 2.15. The number of benzene rings is 1. The minimum atomic E-state index is -0.680. The zero-order valence-corrected chi connectivity index (χ0v) is 8.54. The molecule has 1 amide bonds. The summed E-state index contributed by atoms with van der Waals surface area (Å²) in [6.07, 6.45) is 2.31. The third kappa shape index (κ3) is 2.57. The molecule has 0 fully saturated rings. The summed E-state index contributed by atoms with van der Waals surface area (Å²) in [5.41, 5.74) is 5.00. The molecule has 0 spiro atoms. The molecule has 6 heteroatoms. The van der Waals surface area contributed by atoms with E-state index in [1.165, 1.54) is 25.3 Å². The molecule has 0 aliphatic rings. The second kappa shape index (κ2) is 4.92. The Kier molecular flexibility index (Phi) is 3.60. The number of nitro benzene ring substituents is 1. The number of hydrogen-bond donors (Lipinski definition) is 1. The van der Waals surface area contributed by atoms with E-state index >= 15 is 0 Å². The second-order valence-electron chi connectivity index (χ2n) is 2.89. The Hall–Kier alpha value is -2.37. The average Bonchev–Trinajstić information content (AvgIpc) is 2.25. The molecule has 0 heterocycles. The number of primary amides is 1. The third-order valence-electron chi connectivity index (χ3n) is 1.87. The van der Waals surface area contributed by atoms with Gasteiger partial charge in [0, 0.05) is 12.1 Å². The predicted molar refractivity (Wildman–Crippen MR) is 57.9 cm³/mol. The van der Waals surface area contributed by atoms with Gasteiger partial charge in [0.1, 0.15) is 5.75 Å². The van der Waals surface area contributed by atoms with E-state index in [1.807, 2.05) is 0 Å². The summed E-state index contributed by atoms with van der Waals surface area (Å²) in [5, 5.41) is 10.7. The van der Waals surface area contributed by atoms with Crippen LogP contribution in [0, 0.1) is 10.1 Å². The summed E-state index contributed by atoms with van der Waals surface area (Å²) in [6.45, 7) is 0. The largest absolute Gasteiger partial charge is 0.496 e. The van der Waals surface area contributed by atoms with Crippen molar-refractivity contribution in [3.05, 3.63) is 40.0 Å². The monoisotopic (exact) mass is 222 g/mol. The van der Waals surface area contributed by atoms with Gasteiger partial charge in [0.15, 0.2) is 0 Å². The van der Waals surface area contributed by atoms with Crippen molar-refractivity contribution < 1.29 is 14.5 Å². The summed E-state index contributed by atoms with van der Waals surface area (Å²) >= 11 is 0. The van der Waals surface area contributed by atoms with Gasteiger partial charge in [-0.3, -0.25) is 14.9 Å². The molecule has 2 N–H and O–H groups in total. The lowest BCUT2D eigenvalue weighted by Crippen LogP contribution is -2.05. The number of amides is 1. The minimum absolute atomic E-state index is 0.142. The quantitative estimate of drug-likeness (QED) is 0.468. The van der Waals surface area contributed by atoms with E-state index < -0.39 is 10.8 Å². The van der Waals surface area contributed by atoms with Gasteiger partial charge < -0.3 is 10.5 Å². The summed E-state index contributed by atoms with van der Waals surface area (Å²) in [6, 6.07) is 4.38. The first-order chi connectivity index (χ1) is 7.56. The van der Waals surface area contributed by atoms with E-state index in [0.29, 0.717) is 5.75 Å². The number of methoxy groups -OCH3 is 1. The van der Waals surface area contributed by atoms with E-state index in [4.69, 9.17) is 10.5 Å². The maximum atomic E-state index is 10.7. The first kappa shape index (κ1) is 11.7. The van der Waals surface area contributed by atoms with Crippen LogP contribution in [-0.4, -0.2) is 17.9 Å². The van der Waals surface area contributed by atoms with Crippen LogP contribution in [0.3, 0.4) is 0 Å². The van der Waals surface area contributed by atoms with Crippen LogP contribution < -0.4 is 10.5 Å². The first-order valence-electron chi connectivity index (χ1n) is 4.35. The van der Waals surface area contributed by atoms with E-state index in [-0.39, 0.29) is 11.3 Å². The standard InChI is InChI=1S/C10H10N2O4/c1-16-9-4-2-3-8(12(14)15)7(9)5-6-10(11)13/h2-6H,1H3,(H2,11,13). The lowest BCUT2D eigenvalue weighted by Gasteiger charge is -2.04. The molecule has 0 aliphatic carbocycles. The van der Waals surface area contributed by atoms with Crippen LogP contribution in [0.5, 0.6) is 5.75 Å². The van der Waals surface area contributed by atoms with E-state index in [1.54, 1.807) is 6.07 Å². The Morgan fingerprint density at radius 2 is 2.25 bits per heavy atom. The molecule has 0 saturated carbocycles. The van der Waals surface area contributed by atoms with E-state index in [0.717, 1.165) is 6.08 Å². The summed E-state index contributed by atoms with van der Waals surface area (Å²) in [5.74, 6) is -0.369. The molecule has 1 aromatic rings. The number of rotatable bonds is 4. The fourth-order valence-electron chi connectivity index (χ4n) is 1.20. The van der Waals surface area contributed by atoms with Crippen LogP contribution in [0.25, 0.3) is 6.08 Å². The van der Waals surface area contributed by atoms with Crippen LogP contribution in [0.4, 0.5) is 5.69 Å². The maximum Gasteiger partial charge on any atom is 0.280 e. The maximum absolute atomic E-state index is 10.7. The van der Waals surface area contributed by atoms with Gasteiger partial charge in [0.05, 0.1) is 17.6 Å². The third-order valence-corrected chi connectivity index (χ3v) is 1.87. The Morgan fingerprint density at radius 3 is 2.75 bits per heavy atom. The van der Waals surface area contributed by atoms with Gasteiger partial charge in [0.25, 0.3) is 5.69 Å². The molecule has 6 nitrogen and oxygen atoms in total. The van der Waals surface area contributed by atoms with Crippen LogP contribution >= 0.6 is 0 Å². The second-order valence-corrected chi connectivity index (χ2v) is 2.89. The highest BCUT2D eigenvalue weighted by molar-refractivity contribution is 5.91. The SMILES string of the molecule is COc1cccc([N+](=O)[O-])c1C=CC(N)=O. The summed E-state index contributed by atoms with van der Waals surface area (Å²) < 4.78 is 4.96. The molecule has 0 radical (unpaired) electrons. The highest BCUT2D eigenvalue weighted by Crippen LogP contribution is 2.29. The van der Waals surface area contributed by atoms with E-state index in [9.17, 15) is 14.9 Å². The molecule has 1 aromatic carbocycles. The Bertz CT molecular complexity index is 454. The zero-order chi connectivity index (χ0) is 12.1. The molecule has 84 valence electrons. The van der Waals surface area contributed by atoms with Crippen molar-refractivity contribution >= 4 is 17.7 Å². The summed E-state index contributed by atoms with van der Waals surface area (Å²) in [7, 11) is 1.39. The molecule has 0 atom stereocenters. The van der Waals surface area contributed by atoms with Crippen LogP contribution in [0.2, 0.25) is 0 Å². The van der Waals surface area contributed by atoms with Crippen LogP contribution in [0.15, 0.2) is 24.3 Å². The summed E-state index contributed by atoms with van der Waals surface area (Å²) in [4.78, 5) is 20.8. The van der Waals surface area contributed by atoms with Crippen molar-refractivity contribution in [2.24, 2.45) is 5.73 Å². The van der Waals surface area contributed by atoms with Crippen LogP contribution in [0.1, 0.15) is 5.56 Å². The van der Waals surface area contributed by atoms with Crippen molar-refractivity contribution in [1.82, 2.24) is 0 Å². The van der Waals surface area contributed by atoms with E-state index in [2.05, 4.69) is 0 Å². The number of hydrogen-bond acceptors (Lipinski definition) is 4. The van der Waals surface area contributed by atoms with Gasteiger partial charge >= 0.3 is 0 Å². The lowest BCUT2D eigenvalue weighted by atomic mass is 10.1. The van der Waals surface area contributed by atoms with Crippen molar-refractivity contribution in [3.8, 4) is 5.75 Å². The van der Waals surface area contributed by atoms with Gasteiger partial charge in [-0.25, -0.2) is 0 Å². The number of nitrogens with zero attached hydrogens (tertiary/aromatic N) is 1. The van der Waals surface area contributed by atoms with Gasteiger partial charge in [-0.15, -0.1) is 0 Å². The van der Waals surface area contributed by atoms with Crippen molar-refractivity contribution in [2.45, 2.75) is 0 Å². The molecule has 0 aromatic heterocycles. The molecular weight excluding hydrogens is 212 g/mol. The Labute approximate surface area is 91.5 Å². The van der Waals surface area contributed by atoms with Crippen molar-refractivity contribution in [2.75, 3.05) is 7.11 Å². The number of nitro groups is 1. The average molecular weight is 222 g/mol. The number of carbonyl (C=O) groups excluding carboxylic acids is 1. The Morgan fingerprint density at radius 1 is 1.56 bits per heavy atom. The van der Waals surface area contributed by atoms with Crippen molar-refractivity contribution in [3.63, 3.8) is 0 Å². The normalized spacial score (nSPS) is 10.3. The highest BCUT2D eigenvalue weighted by atomic mass is 16.6.